The third-order valence-corrected chi connectivity index (χ3v) is 5.46. The van der Waals surface area contributed by atoms with E-state index in [1.54, 1.807) is 18.3 Å². The van der Waals surface area contributed by atoms with E-state index in [0.717, 1.165) is 25.8 Å². The number of hydrogen-bond donors (Lipinski definition) is 0. The Morgan fingerprint density at radius 2 is 1.76 bits per heavy atom. The zero-order valence-electron chi connectivity index (χ0n) is 15.9. The lowest BCUT2D eigenvalue weighted by Crippen LogP contribution is -2.00. The van der Waals surface area contributed by atoms with E-state index in [1.807, 2.05) is 30.3 Å². The van der Waals surface area contributed by atoms with E-state index >= 15 is 0 Å². The van der Waals surface area contributed by atoms with Crippen molar-refractivity contribution in [1.82, 2.24) is 0 Å². The number of nitro benzene ring substituents is 1. The molecule has 0 aliphatic heterocycles. The summed E-state index contributed by atoms with van der Waals surface area (Å²) in [4.78, 5) is 15.0. The Kier molecular flexibility index (Phi) is 6.82. The molecule has 3 rings (SSSR count). The van der Waals surface area contributed by atoms with Crippen LogP contribution in [0.5, 0.6) is 5.75 Å². The Hall–Kier alpha value is -2.51. The highest BCUT2D eigenvalue weighted by atomic mass is 79.9. The maximum absolute atomic E-state index is 10.8. The predicted molar refractivity (Wildman–Crippen MR) is 122 cm³/mol. The van der Waals surface area contributed by atoms with Crippen molar-refractivity contribution in [2.75, 3.05) is 0 Å². The number of aliphatic imine (C=N–C) groups is 1. The van der Waals surface area contributed by atoms with E-state index in [4.69, 9.17) is 4.74 Å². The van der Waals surface area contributed by atoms with Gasteiger partial charge in [-0.15, -0.1) is 0 Å². The smallest absolute Gasteiger partial charge is 0.269 e. The summed E-state index contributed by atoms with van der Waals surface area (Å²) in [5.74, 6) is 0.652. The van der Waals surface area contributed by atoms with Crippen LogP contribution in [-0.4, -0.2) is 11.1 Å². The average molecular weight is 518 g/mol. The zero-order chi connectivity index (χ0) is 21.0. The van der Waals surface area contributed by atoms with E-state index in [2.05, 4.69) is 50.7 Å². The van der Waals surface area contributed by atoms with Crippen LogP contribution in [0.4, 0.5) is 11.4 Å². The number of rotatable bonds is 6. The summed E-state index contributed by atoms with van der Waals surface area (Å²) < 4.78 is 7.70. The molecule has 3 aromatic carbocycles. The van der Waals surface area contributed by atoms with Crippen LogP contribution in [0, 0.1) is 24.0 Å². The fourth-order valence-corrected chi connectivity index (χ4v) is 4.02. The van der Waals surface area contributed by atoms with Gasteiger partial charge in [-0.25, -0.2) is 0 Å². The molecule has 0 amide bonds. The first-order valence-electron chi connectivity index (χ1n) is 8.80. The van der Waals surface area contributed by atoms with Crippen molar-refractivity contribution in [2.45, 2.75) is 20.5 Å². The number of nitrogens with zero attached hydrogens (tertiary/aromatic N) is 2. The highest BCUT2D eigenvalue weighted by molar-refractivity contribution is 9.11. The van der Waals surface area contributed by atoms with Crippen LogP contribution in [0.15, 0.2) is 68.5 Å². The summed E-state index contributed by atoms with van der Waals surface area (Å²) in [7, 11) is 0. The predicted octanol–water partition coefficient (Wildman–Crippen LogP) is 7.07. The Morgan fingerprint density at radius 1 is 1.03 bits per heavy atom. The summed E-state index contributed by atoms with van der Waals surface area (Å²) in [5.41, 5.74) is 4.98. The number of ether oxygens (including phenoxy) is 1. The third-order valence-electron chi connectivity index (χ3n) is 4.41. The first-order valence-corrected chi connectivity index (χ1v) is 10.4. The number of benzene rings is 3. The van der Waals surface area contributed by atoms with Crippen molar-refractivity contribution in [1.29, 1.82) is 0 Å². The lowest BCUT2D eigenvalue weighted by Gasteiger charge is -2.12. The van der Waals surface area contributed by atoms with E-state index in [1.165, 1.54) is 23.3 Å². The molecule has 3 aromatic rings. The summed E-state index contributed by atoms with van der Waals surface area (Å²) in [6.45, 7) is 4.41. The molecule has 7 heteroatoms. The molecular weight excluding hydrogens is 500 g/mol. The number of aryl methyl sites for hydroxylation is 2. The lowest BCUT2D eigenvalue weighted by molar-refractivity contribution is -0.384. The topological polar surface area (TPSA) is 64.7 Å². The maximum Gasteiger partial charge on any atom is 0.269 e. The Balaban J connectivity index is 1.83. The first-order chi connectivity index (χ1) is 13.8. The van der Waals surface area contributed by atoms with Crippen LogP contribution in [0.3, 0.4) is 0 Å². The molecular formula is C22H18Br2N2O3. The van der Waals surface area contributed by atoms with Gasteiger partial charge in [-0.05, 0) is 82.9 Å². The maximum atomic E-state index is 10.8. The minimum absolute atomic E-state index is 0.0554. The van der Waals surface area contributed by atoms with Gasteiger partial charge in [0.15, 0.2) is 0 Å². The molecule has 0 aliphatic rings. The van der Waals surface area contributed by atoms with Crippen LogP contribution < -0.4 is 4.74 Å². The molecule has 0 aliphatic carbocycles. The van der Waals surface area contributed by atoms with Crippen molar-refractivity contribution in [2.24, 2.45) is 4.99 Å². The molecule has 0 radical (unpaired) electrons. The van der Waals surface area contributed by atoms with Crippen LogP contribution in [-0.2, 0) is 6.61 Å². The molecule has 0 heterocycles. The monoisotopic (exact) mass is 516 g/mol. The number of non-ortho nitro benzene ring substituents is 1. The largest absolute Gasteiger partial charge is 0.487 e. The van der Waals surface area contributed by atoms with Crippen molar-refractivity contribution in [3.63, 3.8) is 0 Å². The second-order valence-electron chi connectivity index (χ2n) is 6.54. The van der Waals surface area contributed by atoms with Gasteiger partial charge in [-0.2, -0.15) is 0 Å². The zero-order valence-corrected chi connectivity index (χ0v) is 19.0. The van der Waals surface area contributed by atoms with Crippen LogP contribution in [0.25, 0.3) is 0 Å². The fourth-order valence-electron chi connectivity index (χ4n) is 2.65. The van der Waals surface area contributed by atoms with Gasteiger partial charge in [0.1, 0.15) is 12.4 Å². The minimum Gasteiger partial charge on any atom is -0.487 e. The molecule has 0 aromatic heterocycles. The van der Waals surface area contributed by atoms with Gasteiger partial charge in [0, 0.05) is 28.4 Å². The van der Waals surface area contributed by atoms with Crippen molar-refractivity contribution in [3.05, 3.63) is 95.9 Å². The molecule has 0 saturated heterocycles. The van der Waals surface area contributed by atoms with Gasteiger partial charge < -0.3 is 4.74 Å². The fraction of sp³-hybridized carbons (Fsp3) is 0.136. The van der Waals surface area contributed by atoms with Gasteiger partial charge in [0.05, 0.1) is 15.1 Å². The second kappa shape index (κ2) is 9.33. The van der Waals surface area contributed by atoms with Crippen molar-refractivity contribution >= 4 is 49.4 Å². The lowest BCUT2D eigenvalue weighted by atomic mass is 10.1. The number of nitro groups is 1. The van der Waals surface area contributed by atoms with E-state index in [0.29, 0.717) is 5.75 Å². The molecule has 0 spiro atoms. The van der Waals surface area contributed by atoms with Crippen LogP contribution >= 0.6 is 31.9 Å². The Labute approximate surface area is 185 Å². The molecule has 0 bridgehead atoms. The van der Waals surface area contributed by atoms with Crippen LogP contribution in [0.1, 0.15) is 22.3 Å². The van der Waals surface area contributed by atoms with Crippen molar-refractivity contribution < 1.29 is 9.66 Å². The molecule has 5 nitrogen and oxygen atoms in total. The van der Waals surface area contributed by atoms with E-state index < -0.39 is 4.92 Å². The third kappa shape index (κ3) is 5.52. The highest BCUT2D eigenvalue weighted by Gasteiger charge is 2.11. The van der Waals surface area contributed by atoms with Crippen LogP contribution in [0.2, 0.25) is 0 Å². The number of hydrogen-bond acceptors (Lipinski definition) is 4. The molecule has 0 saturated carbocycles. The molecule has 0 atom stereocenters. The van der Waals surface area contributed by atoms with Gasteiger partial charge in [0.2, 0.25) is 0 Å². The van der Waals surface area contributed by atoms with E-state index in [-0.39, 0.29) is 12.3 Å². The Bertz CT molecular complexity index is 1080. The van der Waals surface area contributed by atoms with Crippen molar-refractivity contribution in [3.8, 4) is 5.75 Å². The first kappa shape index (κ1) is 21.2. The normalized spacial score (nSPS) is 11.0. The SMILES string of the molecule is Cc1ccc(N=Cc2cc(Br)cc(Br)c2OCc2ccc([N+](=O)[O-])cc2)cc1C. The summed E-state index contributed by atoms with van der Waals surface area (Å²) >= 11 is 7.04. The molecule has 0 fully saturated rings. The number of halogens is 2. The van der Waals surface area contributed by atoms with Gasteiger partial charge in [-0.3, -0.25) is 15.1 Å². The quantitative estimate of drug-likeness (QED) is 0.199. The van der Waals surface area contributed by atoms with Gasteiger partial charge >= 0.3 is 0 Å². The van der Waals surface area contributed by atoms with E-state index in [9.17, 15) is 10.1 Å². The average Bonchev–Trinajstić information content (AvgIpc) is 2.68. The Morgan fingerprint density at radius 3 is 2.41 bits per heavy atom. The van der Waals surface area contributed by atoms with Gasteiger partial charge in [0.25, 0.3) is 5.69 Å². The minimum atomic E-state index is -0.419. The second-order valence-corrected chi connectivity index (χ2v) is 8.31. The molecule has 29 heavy (non-hydrogen) atoms. The molecule has 0 unspecified atom stereocenters. The van der Waals surface area contributed by atoms with Gasteiger partial charge in [-0.1, -0.05) is 22.0 Å². The highest BCUT2D eigenvalue weighted by Crippen LogP contribution is 2.33. The standard InChI is InChI=1S/C22H18Br2N2O3/c1-14-3-6-19(9-15(14)2)25-12-17-10-18(23)11-21(24)22(17)29-13-16-4-7-20(8-5-16)26(27)28/h3-12H,13H2,1-2H3. The molecule has 148 valence electrons. The molecule has 0 N–H and O–H groups in total. The summed E-state index contributed by atoms with van der Waals surface area (Å²) in [5, 5.41) is 10.8. The summed E-state index contributed by atoms with van der Waals surface area (Å²) in [6, 6.07) is 16.2. The summed E-state index contributed by atoms with van der Waals surface area (Å²) in [6.07, 6.45) is 1.77.